The molecule has 0 spiro atoms. The summed E-state index contributed by atoms with van der Waals surface area (Å²) in [4.78, 5) is 10.5. The predicted octanol–water partition coefficient (Wildman–Crippen LogP) is 0.292. The standard InChI is InChI=1S/C10H19NO5S/c1-2-3-6-17(14,15)11-4-5-16-9(8-11)7-10(12)13/h9H,2-8H2,1H3,(H,12,13). The molecule has 0 aliphatic carbocycles. The molecular weight excluding hydrogens is 246 g/mol. The van der Waals surface area contributed by atoms with E-state index < -0.39 is 22.1 Å². The summed E-state index contributed by atoms with van der Waals surface area (Å²) in [7, 11) is -3.25. The Morgan fingerprint density at radius 3 is 2.82 bits per heavy atom. The lowest BCUT2D eigenvalue weighted by molar-refractivity contribution is -0.141. The number of carbonyl (C=O) groups is 1. The minimum Gasteiger partial charge on any atom is -0.481 e. The smallest absolute Gasteiger partial charge is 0.306 e. The predicted molar refractivity (Wildman–Crippen MR) is 62.3 cm³/mol. The van der Waals surface area contributed by atoms with Crippen LogP contribution in [0.3, 0.4) is 0 Å². The molecule has 1 heterocycles. The van der Waals surface area contributed by atoms with Crippen molar-refractivity contribution in [2.75, 3.05) is 25.4 Å². The van der Waals surface area contributed by atoms with Gasteiger partial charge in [0, 0.05) is 13.1 Å². The number of unbranched alkanes of at least 4 members (excludes halogenated alkanes) is 1. The van der Waals surface area contributed by atoms with Crippen molar-refractivity contribution in [3.05, 3.63) is 0 Å². The van der Waals surface area contributed by atoms with Crippen LogP contribution < -0.4 is 0 Å². The summed E-state index contributed by atoms with van der Waals surface area (Å²) in [6.45, 7) is 2.67. The first-order chi connectivity index (χ1) is 7.95. The first-order valence-electron chi connectivity index (χ1n) is 5.77. The first-order valence-corrected chi connectivity index (χ1v) is 7.38. The Labute approximate surface area is 102 Å². The summed E-state index contributed by atoms with van der Waals surface area (Å²) in [6, 6.07) is 0. The molecule has 1 aliphatic rings. The summed E-state index contributed by atoms with van der Waals surface area (Å²) in [5, 5.41) is 8.65. The van der Waals surface area contributed by atoms with Gasteiger partial charge in [-0.05, 0) is 6.42 Å². The van der Waals surface area contributed by atoms with E-state index in [1.54, 1.807) is 0 Å². The average Bonchev–Trinajstić information content (AvgIpc) is 2.26. The maximum absolute atomic E-state index is 11.9. The van der Waals surface area contributed by atoms with Crippen LogP contribution in [0.1, 0.15) is 26.2 Å². The van der Waals surface area contributed by atoms with Crippen LogP contribution in [0.2, 0.25) is 0 Å². The number of hydrogen-bond donors (Lipinski definition) is 1. The normalized spacial score (nSPS) is 22.5. The highest BCUT2D eigenvalue weighted by molar-refractivity contribution is 7.89. The summed E-state index contributed by atoms with van der Waals surface area (Å²) in [5.74, 6) is -0.841. The number of carboxylic acid groups (broad SMARTS) is 1. The molecule has 1 atom stereocenters. The molecule has 0 aromatic heterocycles. The molecule has 100 valence electrons. The van der Waals surface area contributed by atoms with Gasteiger partial charge in [0.25, 0.3) is 0 Å². The van der Waals surface area contributed by atoms with E-state index >= 15 is 0 Å². The number of ether oxygens (including phenoxy) is 1. The Hall–Kier alpha value is -0.660. The molecule has 7 heteroatoms. The molecular formula is C10H19NO5S. The van der Waals surface area contributed by atoms with E-state index in [1.165, 1.54) is 4.31 Å². The van der Waals surface area contributed by atoms with Crippen LogP contribution in [-0.4, -0.2) is 55.4 Å². The molecule has 1 saturated heterocycles. The van der Waals surface area contributed by atoms with Gasteiger partial charge in [0.15, 0.2) is 0 Å². The zero-order valence-corrected chi connectivity index (χ0v) is 10.8. The first kappa shape index (κ1) is 14.4. The van der Waals surface area contributed by atoms with Crippen LogP contribution in [0.15, 0.2) is 0 Å². The second-order valence-electron chi connectivity index (χ2n) is 4.12. The fourth-order valence-electron chi connectivity index (χ4n) is 1.72. The minimum absolute atomic E-state index is 0.128. The van der Waals surface area contributed by atoms with Crippen LogP contribution in [-0.2, 0) is 19.6 Å². The Morgan fingerprint density at radius 2 is 2.24 bits per heavy atom. The van der Waals surface area contributed by atoms with Gasteiger partial charge < -0.3 is 9.84 Å². The summed E-state index contributed by atoms with van der Waals surface area (Å²) in [5.41, 5.74) is 0. The fraction of sp³-hybridized carbons (Fsp3) is 0.900. The quantitative estimate of drug-likeness (QED) is 0.746. The highest BCUT2D eigenvalue weighted by atomic mass is 32.2. The molecule has 0 bridgehead atoms. The van der Waals surface area contributed by atoms with Crippen LogP contribution in [0, 0.1) is 0 Å². The number of aliphatic carboxylic acids is 1. The van der Waals surface area contributed by atoms with Crippen molar-refractivity contribution < 1.29 is 23.1 Å². The maximum atomic E-state index is 11.9. The third-order valence-electron chi connectivity index (χ3n) is 2.65. The molecule has 0 aromatic rings. The average molecular weight is 265 g/mol. The summed E-state index contributed by atoms with van der Waals surface area (Å²) >= 11 is 0. The van der Waals surface area contributed by atoms with Crippen molar-refractivity contribution in [2.45, 2.75) is 32.3 Å². The van der Waals surface area contributed by atoms with E-state index in [-0.39, 0.29) is 25.3 Å². The molecule has 0 radical (unpaired) electrons. The highest BCUT2D eigenvalue weighted by Crippen LogP contribution is 2.14. The third kappa shape index (κ3) is 4.61. The van der Waals surface area contributed by atoms with Gasteiger partial charge >= 0.3 is 5.97 Å². The molecule has 1 rings (SSSR count). The van der Waals surface area contributed by atoms with Crippen LogP contribution in [0.5, 0.6) is 0 Å². The Kier molecular flexibility index (Phi) is 5.35. The Morgan fingerprint density at radius 1 is 1.53 bits per heavy atom. The molecule has 17 heavy (non-hydrogen) atoms. The molecule has 1 aliphatic heterocycles. The Bertz CT molecular complexity index is 354. The van der Waals surface area contributed by atoms with Crippen molar-refractivity contribution in [1.82, 2.24) is 4.31 Å². The lowest BCUT2D eigenvalue weighted by Gasteiger charge is -2.31. The maximum Gasteiger partial charge on any atom is 0.306 e. The van der Waals surface area contributed by atoms with Gasteiger partial charge in [0.05, 0.1) is 24.9 Å². The van der Waals surface area contributed by atoms with Crippen LogP contribution in [0.25, 0.3) is 0 Å². The summed E-state index contributed by atoms with van der Waals surface area (Å²) < 4.78 is 30.4. The van der Waals surface area contributed by atoms with Gasteiger partial charge in [0.1, 0.15) is 0 Å². The summed E-state index contributed by atoms with van der Waals surface area (Å²) in [6.07, 6.45) is 0.767. The van der Waals surface area contributed by atoms with E-state index in [4.69, 9.17) is 9.84 Å². The van der Waals surface area contributed by atoms with Gasteiger partial charge in [-0.15, -0.1) is 0 Å². The van der Waals surface area contributed by atoms with E-state index in [0.717, 1.165) is 6.42 Å². The molecule has 0 amide bonds. The number of sulfonamides is 1. The van der Waals surface area contributed by atoms with Crippen molar-refractivity contribution >= 4 is 16.0 Å². The van der Waals surface area contributed by atoms with E-state index in [1.807, 2.05) is 6.92 Å². The van der Waals surface area contributed by atoms with E-state index in [2.05, 4.69) is 0 Å². The molecule has 6 nitrogen and oxygen atoms in total. The molecule has 0 saturated carbocycles. The van der Waals surface area contributed by atoms with Gasteiger partial charge in [-0.1, -0.05) is 13.3 Å². The fourth-order valence-corrected chi connectivity index (χ4v) is 3.38. The zero-order chi connectivity index (χ0) is 12.9. The lowest BCUT2D eigenvalue weighted by Crippen LogP contribution is -2.46. The van der Waals surface area contributed by atoms with Crippen LogP contribution >= 0.6 is 0 Å². The van der Waals surface area contributed by atoms with E-state index in [9.17, 15) is 13.2 Å². The second-order valence-corrected chi connectivity index (χ2v) is 6.21. The van der Waals surface area contributed by atoms with Crippen molar-refractivity contribution in [3.8, 4) is 0 Å². The number of carboxylic acids is 1. The molecule has 1 unspecified atom stereocenters. The van der Waals surface area contributed by atoms with Crippen molar-refractivity contribution in [1.29, 1.82) is 0 Å². The number of morpholine rings is 1. The van der Waals surface area contributed by atoms with Gasteiger partial charge in [0.2, 0.25) is 10.0 Å². The second kappa shape index (κ2) is 6.32. The number of rotatable bonds is 6. The topological polar surface area (TPSA) is 83.9 Å². The van der Waals surface area contributed by atoms with Crippen LogP contribution in [0.4, 0.5) is 0 Å². The van der Waals surface area contributed by atoms with E-state index in [0.29, 0.717) is 13.0 Å². The molecule has 1 N–H and O–H groups in total. The van der Waals surface area contributed by atoms with Crippen molar-refractivity contribution in [2.24, 2.45) is 0 Å². The molecule has 1 fully saturated rings. The molecule has 0 aromatic carbocycles. The van der Waals surface area contributed by atoms with Gasteiger partial charge in [-0.3, -0.25) is 4.79 Å². The Balaban J connectivity index is 2.56. The third-order valence-corrected chi connectivity index (χ3v) is 4.58. The highest BCUT2D eigenvalue weighted by Gasteiger charge is 2.29. The minimum atomic E-state index is -3.25. The van der Waals surface area contributed by atoms with Gasteiger partial charge in [-0.2, -0.15) is 4.31 Å². The largest absolute Gasteiger partial charge is 0.481 e. The van der Waals surface area contributed by atoms with Crippen molar-refractivity contribution in [3.63, 3.8) is 0 Å². The SMILES string of the molecule is CCCCS(=O)(=O)N1CCOC(CC(=O)O)C1. The lowest BCUT2D eigenvalue weighted by atomic mass is 10.2. The van der Waals surface area contributed by atoms with Gasteiger partial charge in [-0.25, -0.2) is 8.42 Å². The monoisotopic (exact) mass is 265 g/mol. The zero-order valence-electron chi connectivity index (χ0n) is 9.96. The number of nitrogens with zero attached hydrogens (tertiary/aromatic N) is 1. The number of hydrogen-bond acceptors (Lipinski definition) is 4.